The van der Waals surface area contributed by atoms with Crippen molar-refractivity contribution in [3.05, 3.63) is 52.6 Å². The second kappa shape index (κ2) is 4.34. The molecular weight excluding hydrogens is 241 g/mol. The van der Waals surface area contributed by atoms with Gasteiger partial charge in [0.1, 0.15) is 5.82 Å². The number of halogens is 1. The summed E-state index contributed by atoms with van der Waals surface area (Å²) in [5.41, 5.74) is 4.12. The molecule has 1 aromatic carbocycles. The first-order valence-electron chi connectivity index (χ1n) is 6.59. The summed E-state index contributed by atoms with van der Waals surface area (Å²) < 4.78 is 16.1. The topological polar surface area (TPSA) is 22.0 Å². The molecule has 2 nitrogen and oxygen atoms in total. The first-order chi connectivity index (χ1) is 9.09. The van der Waals surface area contributed by atoms with Gasteiger partial charge in [0.25, 0.3) is 0 Å². The molecule has 0 fully saturated rings. The van der Waals surface area contributed by atoms with Gasteiger partial charge in [-0.1, -0.05) is 12.1 Å². The van der Waals surface area contributed by atoms with Crippen LogP contribution in [0.25, 0.3) is 5.69 Å². The van der Waals surface area contributed by atoms with Crippen molar-refractivity contribution >= 4 is 5.78 Å². The third-order valence-electron chi connectivity index (χ3n) is 3.82. The lowest BCUT2D eigenvalue weighted by molar-refractivity contribution is 0.0972. The highest BCUT2D eigenvalue weighted by molar-refractivity contribution is 5.98. The molecule has 19 heavy (non-hydrogen) atoms. The summed E-state index contributed by atoms with van der Waals surface area (Å²) in [5, 5.41) is 0. The fraction of sp³-hybridized carbons (Fsp3) is 0.312. The Hall–Kier alpha value is -1.90. The number of rotatable bonds is 1. The van der Waals surface area contributed by atoms with Crippen LogP contribution in [-0.4, -0.2) is 10.4 Å². The lowest BCUT2D eigenvalue weighted by Gasteiger charge is -2.18. The Kier molecular flexibility index (Phi) is 2.77. The van der Waals surface area contributed by atoms with E-state index in [4.69, 9.17) is 0 Å². The minimum Gasteiger partial charge on any atom is -0.315 e. The Balaban J connectivity index is 2.29. The molecule has 1 aliphatic rings. The fourth-order valence-electron chi connectivity index (χ4n) is 2.95. The number of aromatic nitrogens is 1. The molecule has 98 valence electrons. The van der Waals surface area contributed by atoms with Crippen LogP contribution in [0.15, 0.2) is 24.3 Å². The second-order valence-electron chi connectivity index (χ2n) is 5.16. The van der Waals surface area contributed by atoms with E-state index in [1.54, 1.807) is 6.07 Å². The van der Waals surface area contributed by atoms with Gasteiger partial charge in [0.2, 0.25) is 0 Å². The molecule has 3 rings (SSSR count). The highest BCUT2D eigenvalue weighted by atomic mass is 19.1. The number of hydrogen-bond acceptors (Lipinski definition) is 1. The molecule has 0 spiro atoms. The van der Waals surface area contributed by atoms with E-state index in [2.05, 4.69) is 0 Å². The monoisotopic (exact) mass is 257 g/mol. The summed E-state index contributed by atoms with van der Waals surface area (Å²) in [4.78, 5) is 11.9. The average Bonchev–Trinajstić information content (AvgIpc) is 2.68. The third-order valence-corrected chi connectivity index (χ3v) is 3.82. The molecule has 0 amide bonds. The van der Waals surface area contributed by atoms with Gasteiger partial charge in [-0.05, 0) is 44.4 Å². The van der Waals surface area contributed by atoms with Crippen molar-refractivity contribution in [3.63, 3.8) is 0 Å². The van der Waals surface area contributed by atoms with E-state index in [0.29, 0.717) is 12.1 Å². The Bertz CT molecular complexity index is 649. The normalized spacial score (nSPS) is 14.6. The summed E-state index contributed by atoms with van der Waals surface area (Å²) in [6, 6.07) is 6.97. The standard InChI is InChI=1S/C16H16FNO/c1-10-5-3-6-13(17)16(10)18-11(2)9-12-14(18)7-4-8-15(12)19/h3,5-6,9H,4,7-8H2,1-2H3. The quantitative estimate of drug-likeness (QED) is 0.762. The molecule has 3 heteroatoms. The van der Waals surface area contributed by atoms with Gasteiger partial charge in [-0.3, -0.25) is 4.79 Å². The van der Waals surface area contributed by atoms with E-state index < -0.39 is 0 Å². The van der Waals surface area contributed by atoms with Crippen LogP contribution in [0.2, 0.25) is 0 Å². The summed E-state index contributed by atoms with van der Waals surface area (Å²) in [7, 11) is 0. The fourth-order valence-corrected chi connectivity index (χ4v) is 2.95. The van der Waals surface area contributed by atoms with Crippen molar-refractivity contribution in [2.24, 2.45) is 0 Å². The summed E-state index contributed by atoms with van der Waals surface area (Å²) in [6.45, 7) is 3.83. The number of fused-ring (bicyclic) bond motifs is 1. The predicted molar refractivity (Wildman–Crippen MR) is 72.5 cm³/mol. The van der Waals surface area contributed by atoms with E-state index in [1.165, 1.54) is 6.07 Å². The molecule has 0 atom stereocenters. The van der Waals surface area contributed by atoms with E-state index >= 15 is 0 Å². The first kappa shape index (κ1) is 12.2. The maximum atomic E-state index is 14.2. The van der Waals surface area contributed by atoms with Crippen LogP contribution in [0.3, 0.4) is 0 Å². The Morgan fingerprint density at radius 3 is 2.74 bits per heavy atom. The first-order valence-corrected chi connectivity index (χ1v) is 6.59. The SMILES string of the molecule is Cc1cccc(F)c1-n1c(C)cc2c1CCCC2=O. The van der Waals surface area contributed by atoms with Gasteiger partial charge in [-0.25, -0.2) is 4.39 Å². The Morgan fingerprint density at radius 2 is 2.00 bits per heavy atom. The smallest absolute Gasteiger partial charge is 0.164 e. The van der Waals surface area contributed by atoms with Gasteiger partial charge < -0.3 is 4.57 Å². The molecule has 0 aliphatic heterocycles. The molecule has 0 bridgehead atoms. The van der Waals surface area contributed by atoms with Crippen LogP contribution in [0.1, 0.15) is 40.2 Å². The summed E-state index contributed by atoms with van der Waals surface area (Å²) in [5.74, 6) is -0.0587. The average molecular weight is 257 g/mol. The number of hydrogen-bond donors (Lipinski definition) is 0. The van der Waals surface area contributed by atoms with Crippen LogP contribution in [-0.2, 0) is 6.42 Å². The number of aryl methyl sites for hydroxylation is 2. The van der Waals surface area contributed by atoms with Crippen LogP contribution in [0.4, 0.5) is 4.39 Å². The van der Waals surface area contributed by atoms with E-state index in [1.807, 2.05) is 30.5 Å². The molecular formula is C16H16FNO. The zero-order valence-electron chi connectivity index (χ0n) is 11.2. The van der Waals surface area contributed by atoms with Crippen LogP contribution < -0.4 is 0 Å². The molecule has 0 radical (unpaired) electrons. The summed E-state index contributed by atoms with van der Waals surface area (Å²) in [6.07, 6.45) is 2.29. The van der Waals surface area contributed by atoms with Crippen LogP contribution >= 0.6 is 0 Å². The zero-order valence-corrected chi connectivity index (χ0v) is 11.2. The van der Waals surface area contributed by atoms with E-state index in [9.17, 15) is 9.18 Å². The number of ketones is 1. The highest BCUT2D eigenvalue weighted by Gasteiger charge is 2.24. The molecule has 0 unspecified atom stereocenters. The highest BCUT2D eigenvalue weighted by Crippen LogP contribution is 2.30. The summed E-state index contributed by atoms with van der Waals surface area (Å²) >= 11 is 0. The van der Waals surface area contributed by atoms with Gasteiger partial charge in [0, 0.05) is 23.4 Å². The van der Waals surface area contributed by atoms with Gasteiger partial charge in [-0.15, -0.1) is 0 Å². The largest absolute Gasteiger partial charge is 0.315 e. The van der Waals surface area contributed by atoms with Crippen LogP contribution in [0.5, 0.6) is 0 Å². The Morgan fingerprint density at radius 1 is 1.21 bits per heavy atom. The van der Waals surface area contributed by atoms with Crippen molar-refractivity contribution in [2.75, 3.05) is 0 Å². The van der Waals surface area contributed by atoms with Gasteiger partial charge in [0.15, 0.2) is 5.78 Å². The molecule has 0 saturated heterocycles. The molecule has 0 saturated carbocycles. The number of carbonyl (C=O) groups is 1. The van der Waals surface area contributed by atoms with Crippen LogP contribution in [0, 0.1) is 19.7 Å². The zero-order chi connectivity index (χ0) is 13.6. The lowest BCUT2D eigenvalue weighted by Crippen LogP contribution is -2.14. The van der Waals surface area contributed by atoms with Gasteiger partial charge in [-0.2, -0.15) is 0 Å². The number of Topliss-reactive ketones (excluding diaryl/α,β-unsaturated/α-hetero) is 1. The van der Waals surface area contributed by atoms with Crippen molar-refractivity contribution < 1.29 is 9.18 Å². The van der Waals surface area contributed by atoms with Gasteiger partial charge >= 0.3 is 0 Å². The molecule has 1 aliphatic carbocycles. The van der Waals surface area contributed by atoms with Crippen molar-refractivity contribution in [1.82, 2.24) is 4.57 Å². The minimum absolute atomic E-state index is 0.178. The molecule has 0 N–H and O–H groups in total. The third kappa shape index (κ3) is 1.81. The second-order valence-corrected chi connectivity index (χ2v) is 5.16. The minimum atomic E-state index is -0.237. The van der Waals surface area contributed by atoms with E-state index in [-0.39, 0.29) is 11.6 Å². The molecule has 1 aromatic heterocycles. The van der Waals surface area contributed by atoms with Crippen molar-refractivity contribution in [1.29, 1.82) is 0 Å². The number of benzene rings is 1. The van der Waals surface area contributed by atoms with Crippen molar-refractivity contribution in [3.8, 4) is 5.69 Å². The molecule has 1 heterocycles. The molecule has 2 aromatic rings. The van der Waals surface area contributed by atoms with Crippen molar-refractivity contribution in [2.45, 2.75) is 33.1 Å². The lowest BCUT2D eigenvalue weighted by atomic mass is 9.96. The number of nitrogens with zero attached hydrogens (tertiary/aromatic N) is 1. The number of carbonyl (C=O) groups excluding carboxylic acids is 1. The number of para-hydroxylation sites is 1. The maximum absolute atomic E-state index is 14.2. The maximum Gasteiger partial charge on any atom is 0.164 e. The van der Waals surface area contributed by atoms with Gasteiger partial charge in [0.05, 0.1) is 5.69 Å². The predicted octanol–water partition coefficient (Wildman–Crippen LogP) is 3.75. The van der Waals surface area contributed by atoms with E-state index in [0.717, 1.165) is 35.4 Å². The Labute approximate surface area is 111 Å².